The minimum atomic E-state index is -4.13. The second-order valence-electron chi connectivity index (χ2n) is 6.13. The van der Waals surface area contributed by atoms with Crippen LogP contribution in [0, 0.1) is 5.92 Å². The Balaban J connectivity index is 1.95. The molecule has 0 bridgehead atoms. The number of sulfonamides is 1. The van der Waals surface area contributed by atoms with Crippen LogP contribution in [0.5, 0.6) is 0 Å². The van der Waals surface area contributed by atoms with Crippen LogP contribution in [0.1, 0.15) is 27.1 Å². The second kappa shape index (κ2) is 5.82. The summed E-state index contributed by atoms with van der Waals surface area (Å²) in [5.74, 6) is -5.76. The molecule has 2 aliphatic rings. The lowest BCUT2D eigenvalue weighted by Crippen LogP contribution is -2.50. The standard InChI is InChI=1S/C15H16F2N2O5S/c1-18-13(21)11-3-2-10(6-12(11)14(18)22)25(23,24)19-5-4-15(16,17)9(7-19)8-20/h2-3,6,9,20H,4-5,7-8H2,1H3. The Morgan fingerprint density at radius 3 is 2.52 bits per heavy atom. The zero-order valence-electron chi connectivity index (χ0n) is 13.3. The Labute approximate surface area is 142 Å². The molecule has 25 heavy (non-hydrogen) atoms. The highest BCUT2D eigenvalue weighted by Gasteiger charge is 2.46. The number of hydrogen-bond donors (Lipinski definition) is 1. The average molecular weight is 374 g/mol. The van der Waals surface area contributed by atoms with E-state index in [1.807, 2.05) is 0 Å². The molecule has 7 nitrogen and oxygen atoms in total. The molecule has 3 rings (SSSR count). The van der Waals surface area contributed by atoms with Gasteiger partial charge in [0.15, 0.2) is 0 Å². The first-order valence-corrected chi connectivity index (χ1v) is 8.99. The van der Waals surface area contributed by atoms with E-state index in [4.69, 9.17) is 5.11 Å². The Morgan fingerprint density at radius 2 is 1.88 bits per heavy atom. The summed E-state index contributed by atoms with van der Waals surface area (Å²) in [6, 6.07) is 3.52. The van der Waals surface area contributed by atoms with Crippen LogP contribution in [0.2, 0.25) is 0 Å². The molecule has 1 aromatic carbocycles. The van der Waals surface area contributed by atoms with Gasteiger partial charge in [0.25, 0.3) is 17.7 Å². The number of piperidine rings is 1. The molecule has 1 saturated heterocycles. The molecule has 0 aromatic heterocycles. The zero-order chi connectivity index (χ0) is 18.6. The molecule has 1 fully saturated rings. The van der Waals surface area contributed by atoms with Crippen molar-refractivity contribution in [3.63, 3.8) is 0 Å². The van der Waals surface area contributed by atoms with Crippen molar-refractivity contribution in [1.29, 1.82) is 0 Å². The third-order valence-electron chi connectivity index (χ3n) is 4.64. The van der Waals surface area contributed by atoms with Crippen LogP contribution in [0.25, 0.3) is 0 Å². The quantitative estimate of drug-likeness (QED) is 0.780. The third kappa shape index (κ3) is 2.74. The summed E-state index contributed by atoms with van der Waals surface area (Å²) in [5.41, 5.74) is 0.0690. The lowest BCUT2D eigenvalue weighted by atomic mass is 9.96. The van der Waals surface area contributed by atoms with E-state index in [2.05, 4.69) is 0 Å². The van der Waals surface area contributed by atoms with Crippen molar-refractivity contribution in [2.75, 3.05) is 26.7 Å². The molecule has 0 aliphatic carbocycles. The van der Waals surface area contributed by atoms with Gasteiger partial charge in [0, 0.05) is 26.6 Å². The van der Waals surface area contributed by atoms with Crippen molar-refractivity contribution < 1.29 is 31.9 Å². The molecule has 1 aromatic rings. The first-order chi connectivity index (χ1) is 11.6. The first-order valence-electron chi connectivity index (χ1n) is 7.55. The summed E-state index contributed by atoms with van der Waals surface area (Å²) >= 11 is 0. The molecule has 1 atom stereocenters. The SMILES string of the molecule is CN1C(=O)c2ccc(S(=O)(=O)N3CCC(F)(F)C(CO)C3)cc2C1=O. The van der Waals surface area contributed by atoms with E-state index in [0.29, 0.717) is 0 Å². The van der Waals surface area contributed by atoms with Crippen molar-refractivity contribution in [2.45, 2.75) is 17.2 Å². The zero-order valence-corrected chi connectivity index (χ0v) is 14.1. The van der Waals surface area contributed by atoms with Gasteiger partial charge in [-0.15, -0.1) is 0 Å². The fourth-order valence-electron chi connectivity index (χ4n) is 3.01. The summed E-state index contributed by atoms with van der Waals surface area (Å²) in [5, 5.41) is 9.11. The van der Waals surface area contributed by atoms with Crippen LogP contribution >= 0.6 is 0 Å². The average Bonchev–Trinajstić information content (AvgIpc) is 2.78. The largest absolute Gasteiger partial charge is 0.396 e. The summed E-state index contributed by atoms with van der Waals surface area (Å²) in [6.07, 6.45) is -0.692. The molecular weight excluding hydrogens is 358 g/mol. The van der Waals surface area contributed by atoms with Crippen LogP contribution in [0.3, 0.4) is 0 Å². The van der Waals surface area contributed by atoms with E-state index in [-0.39, 0.29) is 16.0 Å². The minimum Gasteiger partial charge on any atom is -0.396 e. The van der Waals surface area contributed by atoms with Crippen LogP contribution in [0.15, 0.2) is 23.1 Å². The number of alkyl halides is 2. The Hall–Kier alpha value is -1.91. The topological polar surface area (TPSA) is 95.0 Å². The number of fused-ring (bicyclic) bond motifs is 1. The highest BCUT2D eigenvalue weighted by Crippen LogP contribution is 2.36. The number of imide groups is 1. The smallest absolute Gasteiger partial charge is 0.261 e. The maximum Gasteiger partial charge on any atom is 0.261 e. The lowest BCUT2D eigenvalue weighted by Gasteiger charge is -2.36. The highest BCUT2D eigenvalue weighted by atomic mass is 32.2. The van der Waals surface area contributed by atoms with Crippen LogP contribution in [-0.4, -0.2) is 67.2 Å². The Morgan fingerprint density at radius 1 is 1.24 bits per heavy atom. The van der Waals surface area contributed by atoms with Gasteiger partial charge in [0.1, 0.15) is 0 Å². The van der Waals surface area contributed by atoms with Crippen LogP contribution < -0.4 is 0 Å². The molecule has 2 amide bonds. The molecule has 0 saturated carbocycles. The van der Waals surface area contributed by atoms with E-state index in [1.165, 1.54) is 19.2 Å². The predicted molar refractivity (Wildman–Crippen MR) is 81.8 cm³/mol. The number of halogens is 2. The molecule has 136 valence electrons. The number of aliphatic hydroxyl groups is 1. The van der Waals surface area contributed by atoms with Crippen molar-refractivity contribution in [1.82, 2.24) is 9.21 Å². The number of carbonyl (C=O) groups is 2. The molecule has 2 aliphatic heterocycles. The molecule has 10 heteroatoms. The number of aliphatic hydroxyl groups excluding tert-OH is 1. The van der Waals surface area contributed by atoms with Crippen molar-refractivity contribution in [2.24, 2.45) is 5.92 Å². The normalized spacial score (nSPS) is 23.8. The van der Waals surface area contributed by atoms with E-state index in [9.17, 15) is 26.8 Å². The Kier molecular flexibility index (Phi) is 4.17. The molecule has 1 unspecified atom stereocenters. The maximum absolute atomic E-state index is 13.7. The Bertz CT molecular complexity index is 855. The summed E-state index contributed by atoms with van der Waals surface area (Å²) in [7, 11) is -2.84. The fourth-order valence-corrected chi connectivity index (χ4v) is 4.52. The lowest BCUT2D eigenvalue weighted by molar-refractivity contribution is -0.107. The van der Waals surface area contributed by atoms with Crippen molar-refractivity contribution in [3.05, 3.63) is 29.3 Å². The summed E-state index contributed by atoms with van der Waals surface area (Å²) < 4.78 is 53.7. The van der Waals surface area contributed by atoms with E-state index < -0.39 is 59.8 Å². The molecular formula is C15H16F2N2O5S. The maximum atomic E-state index is 13.7. The first kappa shape index (κ1) is 17.9. The van der Waals surface area contributed by atoms with Crippen LogP contribution in [0.4, 0.5) is 8.78 Å². The fraction of sp³-hybridized carbons (Fsp3) is 0.467. The van der Waals surface area contributed by atoms with Gasteiger partial charge >= 0.3 is 0 Å². The van der Waals surface area contributed by atoms with Gasteiger partial charge in [-0.25, -0.2) is 17.2 Å². The number of amides is 2. The third-order valence-corrected chi connectivity index (χ3v) is 6.50. The predicted octanol–water partition coefficient (Wildman–Crippen LogP) is 0.551. The van der Waals surface area contributed by atoms with E-state index in [0.717, 1.165) is 15.3 Å². The van der Waals surface area contributed by atoms with Crippen molar-refractivity contribution >= 4 is 21.8 Å². The molecule has 0 spiro atoms. The monoisotopic (exact) mass is 374 g/mol. The van der Waals surface area contributed by atoms with E-state index >= 15 is 0 Å². The number of hydrogen-bond acceptors (Lipinski definition) is 5. The van der Waals surface area contributed by atoms with E-state index in [1.54, 1.807) is 0 Å². The van der Waals surface area contributed by atoms with Gasteiger partial charge in [-0.05, 0) is 18.2 Å². The second-order valence-corrected chi connectivity index (χ2v) is 8.07. The number of benzene rings is 1. The van der Waals surface area contributed by atoms with Gasteiger partial charge in [0.2, 0.25) is 10.0 Å². The van der Waals surface area contributed by atoms with Gasteiger partial charge < -0.3 is 5.11 Å². The summed E-state index contributed by atoms with van der Waals surface area (Å²) in [6.45, 7) is -1.74. The number of nitrogens with zero attached hydrogens (tertiary/aromatic N) is 2. The van der Waals surface area contributed by atoms with Gasteiger partial charge in [-0.2, -0.15) is 4.31 Å². The van der Waals surface area contributed by atoms with Gasteiger partial charge in [-0.1, -0.05) is 0 Å². The molecule has 1 N–H and O–H groups in total. The van der Waals surface area contributed by atoms with Crippen molar-refractivity contribution in [3.8, 4) is 0 Å². The van der Waals surface area contributed by atoms with Gasteiger partial charge in [0.05, 0.1) is 28.5 Å². The van der Waals surface area contributed by atoms with Gasteiger partial charge in [-0.3, -0.25) is 14.5 Å². The number of carbonyl (C=O) groups excluding carboxylic acids is 2. The summed E-state index contributed by atoms with van der Waals surface area (Å²) in [4.78, 5) is 24.5. The highest BCUT2D eigenvalue weighted by molar-refractivity contribution is 7.89. The molecule has 0 radical (unpaired) electrons. The minimum absolute atomic E-state index is 0.0328. The van der Waals surface area contributed by atoms with Crippen LogP contribution in [-0.2, 0) is 10.0 Å². The molecule has 2 heterocycles. The number of rotatable bonds is 3.